The molecule has 1 aliphatic heterocycles. The highest BCUT2D eigenvalue weighted by atomic mass is 16.5. The van der Waals surface area contributed by atoms with Crippen LogP contribution >= 0.6 is 0 Å². The molecule has 0 bridgehead atoms. The van der Waals surface area contributed by atoms with Crippen LogP contribution in [-0.2, 0) is 13.0 Å². The van der Waals surface area contributed by atoms with Crippen LogP contribution in [0.25, 0.3) is 22.4 Å². The van der Waals surface area contributed by atoms with E-state index >= 15 is 0 Å². The number of aliphatic hydroxyl groups is 1. The van der Waals surface area contributed by atoms with Gasteiger partial charge >= 0.3 is 0 Å². The Balaban J connectivity index is 1.53. The zero-order valence-corrected chi connectivity index (χ0v) is 14.9. The topological polar surface area (TPSA) is 49.5 Å². The Hall–Kier alpha value is -2.43. The van der Waals surface area contributed by atoms with E-state index in [4.69, 9.17) is 9.63 Å². The van der Waals surface area contributed by atoms with Crippen LogP contribution in [-0.4, -0.2) is 34.9 Å². The molecule has 1 aromatic heterocycles. The van der Waals surface area contributed by atoms with Gasteiger partial charge in [-0.05, 0) is 30.5 Å². The zero-order chi connectivity index (χ0) is 17.8. The van der Waals surface area contributed by atoms with Gasteiger partial charge in [-0.3, -0.25) is 4.90 Å². The van der Waals surface area contributed by atoms with Gasteiger partial charge in [0, 0.05) is 37.2 Å². The molecular formula is C22H24N2O2. The number of fused-ring (bicyclic) bond motifs is 1. The number of aliphatic hydroxyl groups excluding tert-OH is 1. The predicted molar refractivity (Wildman–Crippen MR) is 103 cm³/mol. The van der Waals surface area contributed by atoms with Crippen molar-refractivity contribution in [2.75, 3.05) is 19.7 Å². The van der Waals surface area contributed by atoms with Crippen LogP contribution in [0.2, 0.25) is 0 Å². The third-order valence-electron chi connectivity index (χ3n) is 5.05. The molecule has 4 nitrogen and oxygen atoms in total. The number of unbranched alkanes of at least 4 members (excludes halogenated alkanes) is 1. The lowest BCUT2D eigenvalue weighted by Crippen LogP contribution is -2.31. The first-order valence-corrected chi connectivity index (χ1v) is 9.31. The minimum absolute atomic E-state index is 0.269. The van der Waals surface area contributed by atoms with Gasteiger partial charge in [0.2, 0.25) is 0 Å². The van der Waals surface area contributed by atoms with E-state index < -0.39 is 0 Å². The second-order valence-corrected chi connectivity index (χ2v) is 6.83. The number of benzene rings is 2. The van der Waals surface area contributed by atoms with Gasteiger partial charge in [0.25, 0.3) is 0 Å². The van der Waals surface area contributed by atoms with Crippen LogP contribution < -0.4 is 0 Å². The molecule has 4 rings (SSSR count). The van der Waals surface area contributed by atoms with E-state index in [9.17, 15) is 0 Å². The summed E-state index contributed by atoms with van der Waals surface area (Å²) in [5.41, 5.74) is 5.71. The summed E-state index contributed by atoms with van der Waals surface area (Å²) in [5, 5.41) is 13.3. The SMILES string of the molecule is OCCCCN1CCc2onc(-c3ccc(-c4ccccc4)cc3)c2C1. The molecular weight excluding hydrogens is 324 g/mol. The monoisotopic (exact) mass is 348 g/mol. The molecule has 0 amide bonds. The number of aromatic nitrogens is 1. The Morgan fingerprint density at radius 2 is 1.65 bits per heavy atom. The summed E-state index contributed by atoms with van der Waals surface area (Å²) in [6.45, 7) is 3.16. The summed E-state index contributed by atoms with van der Waals surface area (Å²) in [4.78, 5) is 2.43. The molecule has 134 valence electrons. The molecule has 0 fully saturated rings. The summed E-state index contributed by atoms with van der Waals surface area (Å²) in [6, 6.07) is 18.9. The average Bonchev–Trinajstić information content (AvgIpc) is 3.12. The molecule has 1 aliphatic rings. The molecule has 0 saturated heterocycles. The molecule has 0 spiro atoms. The second kappa shape index (κ2) is 7.85. The van der Waals surface area contributed by atoms with Crippen molar-refractivity contribution in [2.24, 2.45) is 0 Å². The van der Waals surface area contributed by atoms with Crippen LogP contribution in [0, 0.1) is 0 Å². The minimum Gasteiger partial charge on any atom is -0.396 e. The normalized spacial score (nSPS) is 14.3. The number of hydrogen-bond donors (Lipinski definition) is 1. The summed E-state index contributed by atoms with van der Waals surface area (Å²) < 4.78 is 5.61. The van der Waals surface area contributed by atoms with Crippen LogP contribution in [0.15, 0.2) is 59.1 Å². The van der Waals surface area contributed by atoms with Gasteiger partial charge in [0.1, 0.15) is 11.5 Å². The first kappa shape index (κ1) is 17.0. The Labute approximate surface area is 154 Å². The summed E-state index contributed by atoms with van der Waals surface area (Å²) >= 11 is 0. The standard InChI is InChI=1S/C22H24N2O2/c25-15-5-4-13-24-14-12-21-20(16-24)22(23-26-21)19-10-8-18(9-11-19)17-6-2-1-3-7-17/h1-3,6-11,25H,4-5,12-16H2. The van der Waals surface area contributed by atoms with Gasteiger partial charge in [-0.2, -0.15) is 0 Å². The maximum absolute atomic E-state index is 8.97. The van der Waals surface area contributed by atoms with Gasteiger partial charge < -0.3 is 9.63 Å². The Bertz CT molecular complexity index is 840. The highest BCUT2D eigenvalue weighted by molar-refractivity contribution is 5.70. The third-order valence-corrected chi connectivity index (χ3v) is 5.05. The molecule has 26 heavy (non-hydrogen) atoms. The molecule has 3 aromatic rings. The van der Waals surface area contributed by atoms with Crippen molar-refractivity contribution in [3.8, 4) is 22.4 Å². The lowest BCUT2D eigenvalue weighted by molar-refractivity contribution is 0.218. The van der Waals surface area contributed by atoms with E-state index in [1.54, 1.807) is 0 Å². The number of nitrogens with zero attached hydrogens (tertiary/aromatic N) is 2. The lowest BCUT2D eigenvalue weighted by Gasteiger charge is -2.25. The molecule has 2 heterocycles. The summed E-state index contributed by atoms with van der Waals surface area (Å²) in [5.74, 6) is 1.02. The Morgan fingerprint density at radius 1 is 0.923 bits per heavy atom. The smallest absolute Gasteiger partial charge is 0.143 e. The highest BCUT2D eigenvalue weighted by Crippen LogP contribution is 2.31. The van der Waals surface area contributed by atoms with Crippen molar-refractivity contribution in [3.63, 3.8) is 0 Å². The second-order valence-electron chi connectivity index (χ2n) is 6.83. The number of rotatable bonds is 6. The quantitative estimate of drug-likeness (QED) is 0.680. The molecule has 1 N–H and O–H groups in total. The van der Waals surface area contributed by atoms with Gasteiger partial charge in [-0.25, -0.2) is 0 Å². The average molecular weight is 348 g/mol. The highest BCUT2D eigenvalue weighted by Gasteiger charge is 2.24. The molecule has 0 radical (unpaired) electrons. The van der Waals surface area contributed by atoms with Crippen molar-refractivity contribution >= 4 is 0 Å². The van der Waals surface area contributed by atoms with E-state index in [0.717, 1.165) is 55.9 Å². The largest absolute Gasteiger partial charge is 0.396 e. The van der Waals surface area contributed by atoms with E-state index in [1.807, 2.05) is 6.07 Å². The van der Waals surface area contributed by atoms with Gasteiger partial charge in [-0.15, -0.1) is 0 Å². The van der Waals surface area contributed by atoms with Crippen molar-refractivity contribution in [3.05, 3.63) is 65.9 Å². The van der Waals surface area contributed by atoms with E-state index in [0.29, 0.717) is 0 Å². The van der Waals surface area contributed by atoms with Crippen LogP contribution in [0.4, 0.5) is 0 Å². The van der Waals surface area contributed by atoms with Gasteiger partial charge in [-0.1, -0.05) is 59.8 Å². The van der Waals surface area contributed by atoms with Gasteiger partial charge in [0.05, 0.1) is 0 Å². The number of hydrogen-bond acceptors (Lipinski definition) is 4. The maximum atomic E-state index is 8.97. The first-order chi connectivity index (χ1) is 12.8. The first-order valence-electron chi connectivity index (χ1n) is 9.31. The Kier molecular flexibility index (Phi) is 5.14. The molecule has 0 unspecified atom stereocenters. The fraction of sp³-hybridized carbons (Fsp3) is 0.318. The van der Waals surface area contributed by atoms with Crippen molar-refractivity contribution in [2.45, 2.75) is 25.8 Å². The van der Waals surface area contributed by atoms with Crippen LogP contribution in [0.1, 0.15) is 24.2 Å². The van der Waals surface area contributed by atoms with E-state index in [1.165, 1.54) is 16.7 Å². The van der Waals surface area contributed by atoms with Crippen LogP contribution in [0.3, 0.4) is 0 Å². The zero-order valence-electron chi connectivity index (χ0n) is 14.9. The third kappa shape index (κ3) is 3.57. The summed E-state index contributed by atoms with van der Waals surface area (Å²) in [7, 11) is 0. The molecule has 0 saturated carbocycles. The minimum atomic E-state index is 0.269. The molecule has 4 heteroatoms. The van der Waals surface area contributed by atoms with Crippen molar-refractivity contribution in [1.82, 2.24) is 10.1 Å². The van der Waals surface area contributed by atoms with E-state index in [2.05, 4.69) is 58.6 Å². The molecule has 2 aromatic carbocycles. The van der Waals surface area contributed by atoms with Crippen molar-refractivity contribution < 1.29 is 9.63 Å². The lowest BCUT2D eigenvalue weighted by atomic mass is 9.98. The van der Waals surface area contributed by atoms with E-state index in [-0.39, 0.29) is 6.61 Å². The maximum Gasteiger partial charge on any atom is 0.143 e. The molecule has 0 atom stereocenters. The fourth-order valence-electron chi connectivity index (χ4n) is 3.58. The van der Waals surface area contributed by atoms with Crippen LogP contribution in [0.5, 0.6) is 0 Å². The van der Waals surface area contributed by atoms with Gasteiger partial charge in [0.15, 0.2) is 0 Å². The predicted octanol–water partition coefficient (Wildman–Crippen LogP) is 4.14. The fourth-order valence-corrected chi connectivity index (χ4v) is 3.58. The Morgan fingerprint density at radius 3 is 2.42 bits per heavy atom. The molecule has 0 aliphatic carbocycles. The van der Waals surface area contributed by atoms with Crippen molar-refractivity contribution in [1.29, 1.82) is 0 Å². The summed E-state index contributed by atoms with van der Waals surface area (Å²) in [6.07, 6.45) is 2.79.